The third-order valence-electron chi connectivity index (χ3n) is 5.72. The molecule has 1 amide bonds. The first kappa shape index (κ1) is 18.2. The molecule has 2 aliphatic rings. The number of carbonyl (C=O) groups excluding carboxylic acids is 1. The summed E-state index contributed by atoms with van der Waals surface area (Å²) in [5.41, 5.74) is 3.19. The molecule has 3 aromatic rings. The average molecular weight is 404 g/mol. The number of hydrogen-bond donors (Lipinski definition) is 1. The van der Waals surface area contributed by atoms with Gasteiger partial charge in [-0.25, -0.2) is 4.98 Å². The second-order valence-corrected chi connectivity index (χ2v) is 7.85. The monoisotopic (exact) mass is 404 g/mol. The summed E-state index contributed by atoms with van der Waals surface area (Å²) in [5, 5.41) is 3.95. The van der Waals surface area contributed by atoms with Gasteiger partial charge in [0, 0.05) is 17.9 Å². The number of nitrogens with one attached hydrogen (secondary N) is 1. The molecule has 0 radical (unpaired) electrons. The summed E-state index contributed by atoms with van der Waals surface area (Å²) < 4.78 is 46.2. The molecule has 1 saturated carbocycles. The summed E-state index contributed by atoms with van der Waals surface area (Å²) in [4.78, 5) is 21.2. The fourth-order valence-corrected chi connectivity index (χ4v) is 4.19. The number of hydrogen-bond acceptors (Lipinski definition) is 4. The third kappa shape index (κ3) is 2.90. The van der Waals surface area contributed by atoms with Crippen LogP contribution in [-0.4, -0.2) is 33.2 Å². The van der Waals surface area contributed by atoms with E-state index in [0.29, 0.717) is 39.5 Å². The first-order chi connectivity index (χ1) is 13.7. The number of imidazole rings is 1. The Morgan fingerprint density at radius 3 is 2.59 bits per heavy atom. The average Bonchev–Trinajstić information content (AvgIpc) is 3.14. The molecular formula is C20H19F3N4O2. The summed E-state index contributed by atoms with van der Waals surface area (Å²) in [6.45, 7) is 3.53. The van der Waals surface area contributed by atoms with Gasteiger partial charge in [0.05, 0.1) is 16.9 Å². The maximum Gasteiger partial charge on any atom is 0.409 e. The van der Waals surface area contributed by atoms with E-state index in [4.69, 9.17) is 4.52 Å². The van der Waals surface area contributed by atoms with E-state index >= 15 is 0 Å². The van der Waals surface area contributed by atoms with Gasteiger partial charge in [0.15, 0.2) is 0 Å². The van der Waals surface area contributed by atoms with Gasteiger partial charge in [0.25, 0.3) is 0 Å². The highest BCUT2D eigenvalue weighted by atomic mass is 19.4. The van der Waals surface area contributed by atoms with E-state index in [1.165, 1.54) is 0 Å². The maximum absolute atomic E-state index is 13.7. The van der Waals surface area contributed by atoms with Crippen LogP contribution in [0.25, 0.3) is 22.2 Å². The molecule has 1 saturated heterocycles. The minimum atomic E-state index is -4.51. The van der Waals surface area contributed by atoms with Gasteiger partial charge in [-0.1, -0.05) is 5.16 Å². The largest absolute Gasteiger partial charge is 0.409 e. The summed E-state index contributed by atoms with van der Waals surface area (Å²) >= 11 is 0. The first-order valence-electron chi connectivity index (χ1n) is 9.59. The molecule has 6 nitrogen and oxygen atoms in total. The molecule has 9 heteroatoms. The van der Waals surface area contributed by atoms with Crippen molar-refractivity contribution in [3.8, 4) is 11.1 Å². The van der Waals surface area contributed by atoms with Crippen molar-refractivity contribution in [3.63, 3.8) is 0 Å². The summed E-state index contributed by atoms with van der Waals surface area (Å²) in [6.07, 6.45) is -2.90. The minimum Gasteiger partial charge on any atom is -0.361 e. The fraction of sp³-hybridized carbons (Fsp3) is 0.450. The van der Waals surface area contributed by atoms with Crippen LogP contribution < -0.4 is 4.90 Å². The van der Waals surface area contributed by atoms with Crippen LogP contribution in [0, 0.1) is 13.8 Å². The van der Waals surface area contributed by atoms with Gasteiger partial charge in [-0.2, -0.15) is 13.2 Å². The Labute approximate surface area is 164 Å². The lowest BCUT2D eigenvalue weighted by Gasteiger charge is -2.27. The Bertz CT molecular complexity index is 1110. The van der Waals surface area contributed by atoms with Crippen LogP contribution in [0.5, 0.6) is 0 Å². The molecule has 1 atom stereocenters. The molecule has 5 rings (SSSR count). The zero-order valence-corrected chi connectivity index (χ0v) is 15.9. The highest BCUT2D eigenvalue weighted by Gasteiger charge is 2.50. The quantitative estimate of drug-likeness (QED) is 0.682. The van der Waals surface area contributed by atoms with E-state index < -0.39 is 18.1 Å². The predicted molar refractivity (Wildman–Crippen MR) is 99.6 cm³/mol. The maximum atomic E-state index is 13.7. The molecule has 1 N–H and O–H groups in total. The van der Waals surface area contributed by atoms with Crippen molar-refractivity contribution in [1.82, 2.24) is 15.1 Å². The number of alkyl halides is 3. The van der Waals surface area contributed by atoms with Gasteiger partial charge in [-0.15, -0.1) is 0 Å². The number of aromatic amines is 1. The highest BCUT2D eigenvalue weighted by Crippen LogP contribution is 2.44. The molecule has 1 unspecified atom stereocenters. The van der Waals surface area contributed by atoms with Crippen molar-refractivity contribution in [2.45, 2.75) is 57.7 Å². The number of nitrogens with zero attached hydrogens (tertiary/aromatic N) is 3. The lowest BCUT2D eigenvalue weighted by atomic mass is 10.0. The molecule has 0 spiro atoms. The molecule has 0 bridgehead atoms. The van der Waals surface area contributed by atoms with Crippen molar-refractivity contribution in [3.05, 3.63) is 29.4 Å². The Morgan fingerprint density at radius 1 is 1.21 bits per heavy atom. The molecule has 1 aliphatic carbocycles. The van der Waals surface area contributed by atoms with Gasteiger partial charge in [0.2, 0.25) is 5.91 Å². The topological polar surface area (TPSA) is 75.0 Å². The van der Waals surface area contributed by atoms with Crippen molar-refractivity contribution in [1.29, 1.82) is 0 Å². The van der Waals surface area contributed by atoms with E-state index in [1.807, 2.05) is 6.07 Å². The SMILES string of the molecule is Cc1noc(C)c1-c1cc(N2C(=O)CCC2C(F)(F)F)c2nc(C3CC3)[nH]c2c1. The number of aromatic nitrogens is 3. The van der Waals surface area contributed by atoms with Crippen molar-refractivity contribution in [2.75, 3.05) is 4.90 Å². The summed E-state index contributed by atoms with van der Waals surface area (Å²) in [5.74, 6) is 1.08. The first-order valence-corrected chi connectivity index (χ1v) is 9.59. The van der Waals surface area contributed by atoms with Crippen LogP contribution in [0.1, 0.15) is 48.9 Å². The molecule has 1 aromatic carbocycles. The van der Waals surface area contributed by atoms with Crippen molar-refractivity contribution < 1.29 is 22.5 Å². The van der Waals surface area contributed by atoms with Crippen LogP contribution in [0.2, 0.25) is 0 Å². The van der Waals surface area contributed by atoms with Crippen LogP contribution in [-0.2, 0) is 4.79 Å². The molecular weight excluding hydrogens is 385 g/mol. The van der Waals surface area contributed by atoms with Gasteiger partial charge in [-0.05, 0) is 50.8 Å². The highest BCUT2D eigenvalue weighted by molar-refractivity contribution is 6.05. The molecule has 1 aliphatic heterocycles. The number of H-pyrrole nitrogens is 1. The zero-order valence-electron chi connectivity index (χ0n) is 15.9. The van der Waals surface area contributed by atoms with Gasteiger partial charge >= 0.3 is 6.18 Å². The van der Waals surface area contributed by atoms with E-state index in [9.17, 15) is 18.0 Å². The zero-order chi connectivity index (χ0) is 20.5. The third-order valence-corrected chi connectivity index (χ3v) is 5.72. The number of halogens is 3. The van der Waals surface area contributed by atoms with E-state index in [-0.39, 0.29) is 18.5 Å². The molecule has 3 heterocycles. The smallest absolute Gasteiger partial charge is 0.361 e. The normalized spacial score (nSPS) is 20.2. The van der Waals surface area contributed by atoms with Gasteiger partial charge < -0.3 is 9.51 Å². The fourth-order valence-electron chi connectivity index (χ4n) is 4.19. The molecule has 29 heavy (non-hydrogen) atoms. The number of rotatable bonds is 3. The van der Waals surface area contributed by atoms with Gasteiger partial charge in [-0.3, -0.25) is 9.69 Å². The van der Waals surface area contributed by atoms with Crippen LogP contribution in [0.3, 0.4) is 0 Å². The Morgan fingerprint density at radius 2 is 1.97 bits per heavy atom. The van der Waals surface area contributed by atoms with Crippen molar-refractivity contribution in [2.24, 2.45) is 0 Å². The van der Waals surface area contributed by atoms with Crippen LogP contribution in [0.4, 0.5) is 18.9 Å². The standard InChI is InChI=1S/C20H19F3N4O2/c1-9-17(10(2)29-26-9)12-7-13-18(25-19(24-13)11-3-4-11)14(8-12)27-15(20(21,22)23)5-6-16(27)28/h7-8,11,15H,3-6H2,1-2H3,(H,24,25). The Balaban J connectivity index is 1.75. The van der Waals surface area contributed by atoms with E-state index in [2.05, 4.69) is 15.1 Å². The predicted octanol–water partition coefficient (Wildman–Crippen LogP) is 4.77. The molecule has 2 aromatic heterocycles. The number of amides is 1. The van der Waals surface area contributed by atoms with E-state index in [0.717, 1.165) is 23.6 Å². The number of fused-ring (bicyclic) bond motifs is 1. The number of benzene rings is 1. The molecule has 2 fully saturated rings. The summed E-state index contributed by atoms with van der Waals surface area (Å²) in [6, 6.07) is 1.60. The van der Waals surface area contributed by atoms with E-state index in [1.54, 1.807) is 19.9 Å². The minimum absolute atomic E-state index is 0.138. The van der Waals surface area contributed by atoms with Crippen LogP contribution >= 0.6 is 0 Å². The number of carbonyl (C=O) groups is 1. The second-order valence-electron chi connectivity index (χ2n) is 7.85. The number of anilines is 1. The van der Waals surface area contributed by atoms with Crippen molar-refractivity contribution >= 4 is 22.6 Å². The summed E-state index contributed by atoms with van der Waals surface area (Å²) in [7, 11) is 0. The Kier molecular flexibility index (Phi) is 3.81. The lowest BCUT2D eigenvalue weighted by Crippen LogP contribution is -2.43. The number of aryl methyl sites for hydroxylation is 2. The Hall–Kier alpha value is -2.84. The molecule has 152 valence electrons. The second kappa shape index (κ2) is 6.08. The lowest BCUT2D eigenvalue weighted by molar-refractivity contribution is -0.148. The van der Waals surface area contributed by atoms with Gasteiger partial charge in [0.1, 0.15) is 23.1 Å². The van der Waals surface area contributed by atoms with Crippen LogP contribution in [0.15, 0.2) is 16.7 Å².